The van der Waals surface area contributed by atoms with Gasteiger partial charge in [0.1, 0.15) is 5.82 Å². The number of carbonyl (C=O) groups is 1. The zero-order valence-electron chi connectivity index (χ0n) is 9.96. The van der Waals surface area contributed by atoms with Gasteiger partial charge in [0.05, 0.1) is 10.6 Å². The smallest absolute Gasteiger partial charge is 0.255 e. The van der Waals surface area contributed by atoms with Crippen molar-refractivity contribution in [3.63, 3.8) is 0 Å². The molecule has 0 aliphatic heterocycles. The summed E-state index contributed by atoms with van der Waals surface area (Å²) in [7, 11) is 3.53. The molecule has 0 fully saturated rings. The van der Waals surface area contributed by atoms with E-state index in [0.717, 1.165) is 13.0 Å². The first-order valence-corrected chi connectivity index (χ1v) is 5.79. The van der Waals surface area contributed by atoms with Crippen molar-refractivity contribution >= 4 is 17.5 Å². The molecule has 0 radical (unpaired) electrons. The largest absolute Gasteiger partial charge is 0.342 e. The van der Waals surface area contributed by atoms with Gasteiger partial charge in [-0.1, -0.05) is 17.7 Å². The Balaban J connectivity index is 2.71. The van der Waals surface area contributed by atoms with Gasteiger partial charge in [0.2, 0.25) is 0 Å². The molecular formula is C12H16ClFN2O. The van der Waals surface area contributed by atoms with Crippen molar-refractivity contribution in [3.05, 3.63) is 34.6 Å². The Hall–Kier alpha value is -1.13. The van der Waals surface area contributed by atoms with Gasteiger partial charge in [-0.15, -0.1) is 0 Å². The van der Waals surface area contributed by atoms with Crippen LogP contribution < -0.4 is 5.32 Å². The summed E-state index contributed by atoms with van der Waals surface area (Å²) in [4.78, 5) is 13.5. The third-order valence-electron chi connectivity index (χ3n) is 2.45. The number of rotatable bonds is 5. The minimum absolute atomic E-state index is 0.113. The number of halogens is 2. The summed E-state index contributed by atoms with van der Waals surface area (Å²) >= 11 is 5.76. The van der Waals surface area contributed by atoms with Gasteiger partial charge in [-0.25, -0.2) is 4.39 Å². The summed E-state index contributed by atoms with van der Waals surface area (Å²) in [6.07, 6.45) is 0.839. The molecule has 1 amide bonds. The fraction of sp³-hybridized carbons (Fsp3) is 0.417. The molecule has 0 aliphatic carbocycles. The molecule has 0 atom stereocenters. The van der Waals surface area contributed by atoms with E-state index in [9.17, 15) is 9.18 Å². The summed E-state index contributed by atoms with van der Waals surface area (Å²) in [5.41, 5.74) is 0.207. The molecule has 0 bridgehead atoms. The molecule has 0 heterocycles. The second kappa shape index (κ2) is 6.57. The molecule has 0 saturated carbocycles. The quantitative estimate of drug-likeness (QED) is 0.821. The number of nitrogens with one attached hydrogen (secondary N) is 1. The van der Waals surface area contributed by atoms with Crippen molar-refractivity contribution in [3.8, 4) is 0 Å². The third-order valence-corrected chi connectivity index (χ3v) is 2.83. The molecule has 17 heavy (non-hydrogen) atoms. The first kappa shape index (κ1) is 13.9. The Morgan fingerprint density at radius 3 is 2.88 bits per heavy atom. The van der Waals surface area contributed by atoms with Crippen LogP contribution in [0.25, 0.3) is 0 Å². The third kappa shape index (κ3) is 3.68. The number of hydrogen-bond acceptors (Lipinski definition) is 2. The molecule has 1 aromatic rings. The maximum Gasteiger partial charge on any atom is 0.255 e. The lowest BCUT2D eigenvalue weighted by molar-refractivity contribution is 0.0793. The first-order valence-electron chi connectivity index (χ1n) is 5.42. The standard InChI is InChI=1S/C12H16ClFN2O/c1-15-7-4-8-16(2)12(17)9-5-3-6-10(14)11(9)13/h3,5-6,15H,4,7-8H2,1-2H3. The van der Waals surface area contributed by atoms with Crippen LogP contribution >= 0.6 is 11.6 Å². The second-order valence-corrected chi connectivity index (χ2v) is 4.16. The topological polar surface area (TPSA) is 32.3 Å². The van der Waals surface area contributed by atoms with Crippen molar-refractivity contribution in [2.24, 2.45) is 0 Å². The van der Waals surface area contributed by atoms with Gasteiger partial charge < -0.3 is 10.2 Å². The number of amides is 1. The number of nitrogens with zero attached hydrogens (tertiary/aromatic N) is 1. The molecule has 0 unspecified atom stereocenters. The van der Waals surface area contributed by atoms with Gasteiger partial charge >= 0.3 is 0 Å². The monoisotopic (exact) mass is 258 g/mol. The van der Waals surface area contributed by atoms with E-state index in [2.05, 4.69) is 5.32 Å². The summed E-state index contributed by atoms with van der Waals surface area (Å²) in [6.45, 7) is 1.43. The predicted octanol–water partition coefficient (Wildman–Crippen LogP) is 2.16. The molecule has 5 heteroatoms. The molecule has 1 N–H and O–H groups in total. The number of carbonyl (C=O) groups excluding carboxylic acids is 1. The molecule has 0 saturated heterocycles. The van der Waals surface area contributed by atoms with E-state index in [1.54, 1.807) is 7.05 Å². The average Bonchev–Trinajstić information content (AvgIpc) is 2.32. The SMILES string of the molecule is CNCCCN(C)C(=O)c1cccc(F)c1Cl. The lowest BCUT2D eigenvalue weighted by atomic mass is 10.2. The van der Waals surface area contributed by atoms with Crippen LogP contribution in [0.1, 0.15) is 16.8 Å². The van der Waals surface area contributed by atoms with E-state index in [4.69, 9.17) is 11.6 Å². The minimum atomic E-state index is -0.568. The molecule has 0 spiro atoms. The van der Waals surface area contributed by atoms with Crippen molar-refractivity contribution < 1.29 is 9.18 Å². The fourth-order valence-electron chi connectivity index (χ4n) is 1.47. The van der Waals surface area contributed by atoms with Gasteiger partial charge in [0, 0.05) is 13.6 Å². The molecule has 0 aromatic heterocycles. The highest BCUT2D eigenvalue weighted by Gasteiger charge is 2.16. The number of hydrogen-bond donors (Lipinski definition) is 1. The maximum absolute atomic E-state index is 13.2. The van der Waals surface area contributed by atoms with Gasteiger partial charge in [0.25, 0.3) is 5.91 Å². The van der Waals surface area contributed by atoms with Crippen molar-refractivity contribution in [1.82, 2.24) is 10.2 Å². The van der Waals surface area contributed by atoms with Crippen LogP contribution in [-0.2, 0) is 0 Å². The summed E-state index contributed by atoms with van der Waals surface area (Å²) in [5, 5.41) is 2.89. The lowest BCUT2D eigenvalue weighted by Gasteiger charge is -2.17. The predicted molar refractivity (Wildman–Crippen MR) is 66.9 cm³/mol. The van der Waals surface area contributed by atoms with E-state index in [-0.39, 0.29) is 16.5 Å². The highest BCUT2D eigenvalue weighted by molar-refractivity contribution is 6.33. The summed E-state index contributed by atoms with van der Waals surface area (Å²) < 4.78 is 13.2. The zero-order chi connectivity index (χ0) is 12.8. The second-order valence-electron chi connectivity index (χ2n) is 3.79. The highest BCUT2D eigenvalue weighted by Crippen LogP contribution is 2.20. The van der Waals surface area contributed by atoms with E-state index in [0.29, 0.717) is 6.54 Å². The van der Waals surface area contributed by atoms with Crippen LogP contribution in [0.2, 0.25) is 5.02 Å². The van der Waals surface area contributed by atoms with E-state index >= 15 is 0 Å². The first-order chi connectivity index (χ1) is 8.07. The highest BCUT2D eigenvalue weighted by atomic mass is 35.5. The van der Waals surface area contributed by atoms with Crippen LogP contribution in [0.4, 0.5) is 4.39 Å². The molecule has 0 aliphatic rings. The van der Waals surface area contributed by atoms with Gasteiger partial charge in [-0.2, -0.15) is 0 Å². The van der Waals surface area contributed by atoms with Crippen LogP contribution in [0, 0.1) is 5.82 Å². The lowest BCUT2D eigenvalue weighted by Crippen LogP contribution is -2.29. The maximum atomic E-state index is 13.2. The van der Waals surface area contributed by atoms with Crippen molar-refractivity contribution in [2.75, 3.05) is 27.2 Å². The summed E-state index contributed by atoms with van der Waals surface area (Å²) in [5.74, 6) is -0.827. The fourth-order valence-corrected chi connectivity index (χ4v) is 1.68. The van der Waals surface area contributed by atoms with E-state index in [1.807, 2.05) is 7.05 Å². The van der Waals surface area contributed by atoms with Gasteiger partial charge in [0.15, 0.2) is 0 Å². The van der Waals surface area contributed by atoms with Crippen LogP contribution in [0.3, 0.4) is 0 Å². The Bertz CT molecular complexity index is 398. The normalized spacial score (nSPS) is 10.4. The Kier molecular flexibility index (Phi) is 5.38. The van der Waals surface area contributed by atoms with E-state index < -0.39 is 5.82 Å². The zero-order valence-corrected chi connectivity index (χ0v) is 10.7. The number of benzene rings is 1. The van der Waals surface area contributed by atoms with Crippen molar-refractivity contribution in [2.45, 2.75) is 6.42 Å². The Labute approximate surface area is 106 Å². The van der Waals surface area contributed by atoms with Gasteiger partial charge in [-0.3, -0.25) is 4.79 Å². The molecule has 1 aromatic carbocycles. The Morgan fingerprint density at radius 1 is 1.53 bits per heavy atom. The average molecular weight is 259 g/mol. The summed E-state index contributed by atoms with van der Waals surface area (Å²) in [6, 6.07) is 4.25. The van der Waals surface area contributed by atoms with Crippen LogP contribution in [0.5, 0.6) is 0 Å². The van der Waals surface area contributed by atoms with Gasteiger partial charge in [-0.05, 0) is 32.1 Å². The molecule has 94 valence electrons. The molecular weight excluding hydrogens is 243 g/mol. The van der Waals surface area contributed by atoms with Crippen molar-refractivity contribution in [1.29, 1.82) is 0 Å². The molecule has 1 rings (SSSR count). The molecule has 3 nitrogen and oxygen atoms in total. The minimum Gasteiger partial charge on any atom is -0.342 e. The van der Waals surface area contributed by atoms with Crippen LogP contribution in [-0.4, -0.2) is 38.0 Å². The van der Waals surface area contributed by atoms with Crippen LogP contribution in [0.15, 0.2) is 18.2 Å². The van der Waals surface area contributed by atoms with E-state index in [1.165, 1.54) is 23.1 Å². The Morgan fingerprint density at radius 2 is 2.24 bits per heavy atom.